The predicted molar refractivity (Wildman–Crippen MR) is 67.4 cm³/mol. The van der Waals surface area contributed by atoms with Gasteiger partial charge in [-0.2, -0.15) is 0 Å². The molecule has 0 spiro atoms. The zero-order chi connectivity index (χ0) is 12.7. The van der Waals surface area contributed by atoms with Gasteiger partial charge < -0.3 is 0 Å². The first-order valence-corrected chi connectivity index (χ1v) is 6.03. The molecular formula is C14H24O2. The molecular weight excluding hydrogens is 200 g/mol. The molecule has 0 unspecified atom stereocenters. The quantitative estimate of drug-likeness (QED) is 0.618. The summed E-state index contributed by atoms with van der Waals surface area (Å²) in [5, 5.41) is 0. The van der Waals surface area contributed by atoms with E-state index >= 15 is 0 Å². The van der Waals surface area contributed by atoms with Gasteiger partial charge in [-0.15, -0.1) is 0 Å². The summed E-state index contributed by atoms with van der Waals surface area (Å²) < 4.78 is 0. The molecule has 16 heavy (non-hydrogen) atoms. The molecule has 0 N–H and O–H groups in total. The molecule has 0 rings (SSSR count). The normalized spacial score (nSPS) is 10.4. The summed E-state index contributed by atoms with van der Waals surface area (Å²) in [6, 6.07) is 0. The zero-order valence-electron chi connectivity index (χ0n) is 11.2. The smallest absolute Gasteiger partial charge is 0.158 e. The fourth-order valence-corrected chi connectivity index (χ4v) is 1.47. The van der Waals surface area contributed by atoms with Crippen LogP contribution in [0.25, 0.3) is 0 Å². The van der Waals surface area contributed by atoms with E-state index in [1.807, 2.05) is 34.6 Å². The van der Waals surface area contributed by atoms with Gasteiger partial charge in [0.1, 0.15) is 5.78 Å². The van der Waals surface area contributed by atoms with Crippen molar-refractivity contribution >= 4 is 11.6 Å². The Morgan fingerprint density at radius 3 is 2.00 bits per heavy atom. The second kappa shape index (κ2) is 7.37. The van der Waals surface area contributed by atoms with Crippen molar-refractivity contribution in [2.45, 2.75) is 60.3 Å². The van der Waals surface area contributed by atoms with E-state index in [-0.39, 0.29) is 11.6 Å². The molecule has 0 saturated carbocycles. The standard InChI is InChI=1S/C14H24O2/c1-10(2)9-13(15)7-6-8-14(16)12(5)11(3)4/h10H,6-9H2,1-5H3. The van der Waals surface area contributed by atoms with Crippen LogP contribution in [-0.2, 0) is 9.59 Å². The molecule has 0 amide bonds. The Hall–Kier alpha value is -0.920. The SMILES string of the molecule is CC(C)=C(C)C(=O)CCCC(=O)CC(C)C. The Morgan fingerprint density at radius 2 is 1.56 bits per heavy atom. The molecule has 0 aliphatic rings. The van der Waals surface area contributed by atoms with Crippen molar-refractivity contribution in [1.82, 2.24) is 0 Å². The van der Waals surface area contributed by atoms with E-state index in [1.54, 1.807) is 0 Å². The van der Waals surface area contributed by atoms with Gasteiger partial charge in [-0.05, 0) is 38.7 Å². The summed E-state index contributed by atoms with van der Waals surface area (Å²) in [4.78, 5) is 23.0. The molecule has 0 aromatic rings. The van der Waals surface area contributed by atoms with Crippen molar-refractivity contribution in [2.24, 2.45) is 5.92 Å². The molecule has 0 radical (unpaired) electrons. The van der Waals surface area contributed by atoms with Crippen molar-refractivity contribution in [3.63, 3.8) is 0 Å². The lowest BCUT2D eigenvalue weighted by Gasteiger charge is -2.05. The van der Waals surface area contributed by atoms with E-state index in [0.29, 0.717) is 31.6 Å². The maximum absolute atomic E-state index is 11.6. The van der Waals surface area contributed by atoms with Gasteiger partial charge in [-0.25, -0.2) is 0 Å². The van der Waals surface area contributed by atoms with Crippen molar-refractivity contribution in [2.75, 3.05) is 0 Å². The highest BCUT2D eigenvalue weighted by molar-refractivity contribution is 5.95. The highest BCUT2D eigenvalue weighted by Crippen LogP contribution is 2.11. The lowest BCUT2D eigenvalue weighted by Crippen LogP contribution is -2.06. The van der Waals surface area contributed by atoms with Gasteiger partial charge in [0.2, 0.25) is 0 Å². The minimum atomic E-state index is 0.178. The minimum absolute atomic E-state index is 0.178. The monoisotopic (exact) mass is 224 g/mol. The second-order valence-electron chi connectivity index (χ2n) is 5.04. The number of rotatable bonds is 7. The third-order valence-electron chi connectivity index (χ3n) is 2.66. The number of carbonyl (C=O) groups excluding carboxylic acids is 2. The lowest BCUT2D eigenvalue weighted by molar-refractivity contribution is -0.120. The average Bonchev–Trinajstić information content (AvgIpc) is 2.14. The fraction of sp³-hybridized carbons (Fsp3) is 0.714. The number of allylic oxidation sites excluding steroid dienone is 2. The van der Waals surface area contributed by atoms with Gasteiger partial charge in [0, 0.05) is 19.3 Å². The summed E-state index contributed by atoms with van der Waals surface area (Å²) >= 11 is 0. The van der Waals surface area contributed by atoms with Crippen molar-refractivity contribution in [3.8, 4) is 0 Å². The van der Waals surface area contributed by atoms with E-state index in [1.165, 1.54) is 0 Å². The van der Waals surface area contributed by atoms with Gasteiger partial charge in [0.05, 0.1) is 0 Å². The van der Waals surface area contributed by atoms with Gasteiger partial charge in [-0.1, -0.05) is 19.4 Å². The van der Waals surface area contributed by atoms with Crippen LogP contribution in [0.1, 0.15) is 60.3 Å². The fourth-order valence-electron chi connectivity index (χ4n) is 1.47. The Morgan fingerprint density at radius 1 is 1.00 bits per heavy atom. The summed E-state index contributed by atoms with van der Waals surface area (Å²) in [7, 11) is 0. The van der Waals surface area contributed by atoms with Crippen molar-refractivity contribution < 1.29 is 9.59 Å². The van der Waals surface area contributed by atoms with Crippen LogP contribution in [0.15, 0.2) is 11.1 Å². The number of hydrogen-bond acceptors (Lipinski definition) is 2. The van der Waals surface area contributed by atoms with E-state index in [2.05, 4.69) is 0 Å². The average molecular weight is 224 g/mol. The number of carbonyl (C=O) groups is 2. The Kier molecular flexibility index (Phi) is 6.95. The lowest BCUT2D eigenvalue weighted by atomic mass is 9.99. The van der Waals surface area contributed by atoms with E-state index in [4.69, 9.17) is 0 Å². The predicted octanol–water partition coefficient (Wildman–Crippen LogP) is 3.70. The number of Topliss-reactive ketones (excluding diaryl/α,β-unsaturated/α-hetero) is 2. The maximum atomic E-state index is 11.6. The van der Waals surface area contributed by atoms with Crippen LogP contribution in [0.4, 0.5) is 0 Å². The van der Waals surface area contributed by atoms with E-state index in [0.717, 1.165) is 11.1 Å². The number of ketones is 2. The summed E-state index contributed by atoms with van der Waals surface area (Å²) in [6.07, 6.45) is 2.37. The molecule has 0 saturated heterocycles. The Balaban J connectivity index is 3.88. The van der Waals surface area contributed by atoms with Crippen LogP contribution in [0.5, 0.6) is 0 Å². The first-order chi connectivity index (χ1) is 7.34. The van der Waals surface area contributed by atoms with Gasteiger partial charge in [0.25, 0.3) is 0 Å². The molecule has 92 valence electrons. The van der Waals surface area contributed by atoms with Crippen molar-refractivity contribution in [3.05, 3.63) is 11.1 Å². The maximum Gasteiger partial charge on any atom is 0.158 e. The molecule has 0 heterocycles. The van der Waals surface area contributed by atoms with Crippen molar-refractivity contribution in [1.29, 1.82) is 0 Å². The topological polar surface area (TPSA) is 34.1 Å². The van der Waals surface area contributed by atoms with Crippen LogP contribution in [0, 0.1) is 5.92 Å². The molecule has 0 aromatic carbocycles. The minimum Gasteiger partial charge on any atom is -0.300 e. The highest BCUT2D eigenvalue weighted by atomic mass is 16.1. The zero-order valence-corrected chi connectivity index (χ0v) is 11.2. The highest BCUT2D eigenvalue weighted by Gasteiger charge is 2.09. The van der Waals surface area contributed by atoms with Crippen LogP contribution >= 0.6 is 0 Å². The second-order valence-corrected chi connectivity index (χ2v) is 5.04. The van der Waals surface area contributed by atoms with Gasteiger partial charge in [0.15, 0.2) is 5.78 Å². The number of hydrogen-bond donors (Lipinski definition) is 0. The molecule has 0 bridgehead atoms. The molecule has 0 fully saturated rings. The Labute approximate surface area is 99.1 Å². The molecule has 0 aliphatic carbocycles. The summed E-state index contributed by atoms with van der Waals surface area (Å²) in [5.74, 6) is 0.873. The third-order valence-corrected chi connectivity index (χ3v) is 2.66. The van der Waals surface area contributed by atoms with Crippen LogP contribution in [-0.4, -0.2) is 11.6 Å². The van der Waals surface area contributed by atoms with E-state index in [9.17, 15) is 9.59 Å². The molecule has 2 nitrogen and oxygen atoms in total. The molecule has 0 atom stereocenters. The Bertz CT molecular complexity index is 281. The largest absolute Gasteiger partial charge is 0.300 e. The van der Waals surface area contributed by atoms with Gasteiger partial charge >= 0.3 is 0 Å². The summed E-state index contributed by atoms with van der Waals surface area (Å²) in [6.45, 7) is 9.81. The first-order valence-electron chi connectivity index (χ1n) is 6.03. The first kappa shape index (κ1) is 15.1. The molecule has 2 heteroatoms. The van der Waals surface area contributed by atoms with E-state index < -0.39 is 0 Å². The molecule has 0 aliphatic heterocycles. The van der Waals surface area contributed by atoms with Crippen LogP contribution in [0.3, 0.4) is 0 Å². The third kappa shape index (κ3) is 6.54. The van der Waals surface area contributed by atoms with Crippen LogP contribution < -0.4 is 0 Å². The van der Waals surface area contributed by atoms with Crippen LogP contribution in [0.2, 0.25) is 0 Å². The van der Waals surface area contributed by atoms with Gasteiger partial charge in [-0.3, -0.25) is 9.59 Å². The summed E-state index contributed by atoms with van der Waals surface area (Å²) in [5.41, 5.74) is 1.91. The molecule has 0 aromatic heterocycles.